The second-order valence-corrected chi connectivity index (χ2v) is 7.54. The monoisotopic (exact) mass is 374 g/mol. The minimum Gasteiger partial charge on any atom is -0.452 e. The smallest absolute Gasteiger partial charge is 0.340 e. The Bertz CT molecular complexity index is 672. The largest absolute Gasteiger partial charge is 0.452 e. The lowest BCUT2D eigenvalue weighted by Crippen LogP contribution is -2.36. The first kappa shape index (κ1) is 20.9. The van der Waals surface area contributed by atoms with Gasteiger partial charge in [0.05, 0.1) is 11.3 Å². The number of nitrogens with zero attached hydrogens (tertiary/aromatic N) is 1. The molecule has 0 radical (unpaired) electrons. The number of ether oxygens (including phenoxy) is 1. The van der Waals surface area contributed by atoms with Crippen LogP contribution in [0.1, 0.15) is 63.2 Å². The Morgan fingerprint density at radius 2 is 1.93 bits per heavy atom. The summed E-state index contributed by atoms with van der Waals surface area (Å²) in [7, 11) is 0. The normalized spacial score (nSPS) is 15.1. The topological polar surface area (TPSA) is 75.7 Å². The van der Waals surface area contributed by atoms with Crippen LogP contribution in [-0.4, -0.2) is 37.0 Å². The number of para-hydroxylation sites is 1. The maximum absolute atomic E-state index is 12.4. The van der Waals surface area contributed by atoms with E-state index in [0.717, 1.165) is 25.7 Å². The van der Waals surface area contributed by atoms with E-state index in [9.17, 15) is 14.4 Å². The van der Waals surface area contributed by atoms with Gasteiger partial charge in [-0.3, -0.25) is 9.59 Å². The van der Waals surface area contributed by atoms with Crippen molar-refractivity contribution in [3.05, 3.63) is 29.8 Å². The van der Waals surface area contributed by atoms with Gasteiger partial charge in [0, 0.05) is 19.0 Å². The number of hydrogen-bond acceptors (Lipinski definition) is 4. The number of hydrogen-bond donors (Lipinski definition) is 1. The third-order valence-electron chi connectivity index (χ3n) is 4.65. The van der Waals surface area contributed by atoms with Crippen molar-refractivity contribution in [2.45, 2.75) is 58.9 Å². The fourth-order valence-electron chi connectivity index (χ4n) is 3.21. The zero-order valence-electron chi connectivity index (χ0n) is 16.5. The first-order valence-electron chi connectivity index (χ1n) is 9.74. The van der Waals surface area contributed by atoms with Gasteiger partial charge in [-0.15, -0.1) is 0 Å². The van der Waals surface area contributed by atoms with Gasteiger partial charge >= 0.3 is 5.97 Å². The molecule has 1 fully saturated rings. The Kier molecular flexibility index (Phi) is 7.82. The van der Waals surface area contributed by atoms with Crippen LogP contribution in [0.3, 0.4) is 0 Å². The molecule has 1 atom stereocenters. The number of carbonyl (C=O) groups is 3. The highest BCUT2D eigenvalue weighted by Gasteiger charge is 2.26. The predicted molar refractivity (Wildman–Crippen MR) is 105 cm³/mol. The van der Waals surface area contributed by atoms with E-state index in [-0.39, 0.29) is 24.5 Å². The molecule has 1 aliphatic rings. The second-order valence-electron chi connectivity index (χ2n) is 7.54. The average molecular weight is 374 g/mol. The number of carbonyl (C=O) groups excluding carboxylic acids is 3. The van der Waals surface area contributed by atoms with Crippen molar-refractivity contribution in [1.29, 1.82) is 0 Å². The van der Waals surface area contributed by atoms with Crippen molar-refractivity contribution < 1.29 is 19.1 Å². The predicted octanol–water partition coefficient (Wildman–Crippen LogP) is 3.30. The fourth-order valence-corrected chi connectivity index (χ4v) is 3.21. The zero-order chi connectivity index (χ0) is 19.8. The van der Waals surface area contributed by atoms with Gasteiger partial charge in [-0.2, -0.15) is 0 Å². The van der Waals surface area contributed by atoms with Crippen molar-refractivity contribution >= 4 is 23.5 Å². The van der Waals surface area contributed by atoms with Crippen LogP contribution in [0.2, 0.25) is 0 Å². The second kappa shape index (κ2) is 10.1. The molecule has 6 heteroatoms. The van der Waals surface area contributed by atoms with E-state index in [2.05, 4.69) is 19.2 Å². The number of rotatable bonds is 9. The Labute approximate surface area is 161 Å². The molecule has 0 aliphatic carbocycles. The van der Waals surface area contributed by atoms with Crippen molar-refractivity contribution in [1.82, 2.24) is 5.32 Å². The molecule has 1 heterocycles. The molecule has 0 aromatic heterocycles. The number of amides is 2. The Morgan fingerprint density at radius 3 is 2.59 bits per heavy atom. The first-order valence-corrected chi connectivity index (χ1v) is 9.74. The van der Waals surface area contributed by atoms with Crippen molar-refractivity contribution in [2.24, 2.45) is 5.92 Å². The van der Waals surface area contributed by atoms with Crippen LogP contribution in [0, 0.1) is 5.92 Å². The van der Waals surface area contributed by atoms with E-state index >= 15 is 0 Å². The van der Waals surface area contributed by atoms with Crippen molar-refractivity contribution in [3.63, 3.8) is 0 Å². The molecule has 0 bridgehead atoms. The Hall–Kier alpha value is -2.37. The first-order chi connectivity index (χ1) is 12.9. The Balaban J connectivity index is 1.85. The molecule has 1 saturated heterocycles. The standard InChI is InChI=1S/C21H30N2O4/c1-15(2)8-6-9-16(3)22-19(24)14-27-21(26)17-10-4-5-11-18(17)23-13-7-12-20(23)25/h4-5,10-11,15-16H,6-9,12-14H2,1-3H3,(H,22,24). The third kappa shape index (κ3) is 6.38. The third-order valence-corrected chi connectivity index (χ3v) is 4.65. The maximum atomic E-state index is 12.4. The fraction of sp³-hybridized carbons (Fsp3) is 0.571. The van der Waals surface area contributed by atoms with E-state index < -0.39 is 5.97 Å². The lowest BCUT2D eigenvalue weighted by Gasteiger charge is -2.19. The summed E-state index contributed by atoms with van der Waals surface area (Å²) in [5.41, 5.74) is 0.859. The van der Waals surface area contributed by atoms with Gasteiger partial charge in [-0.05, 0) is 37.8 Å². The molecule has 0 saturated carbocycles. The highest BCUT2D eigenvalue weighted by atomic mass is 16.5. The summed E-state index contributed by atoms with van der Waals surface area (Å²) >= 11 is 0. The molecule has 0 spiro atoms. The molecule has 1 aliphatic heterocycles. The molecule has 27 heavy (non-hydrogen) atoms. The molecule has 2 amide bonds. The average Bonchev–Trinajstić information content (AvgIpc) is 3.05. The summed E-state index contributed by atoms with van der Waals surface area (Å²) < 4.78 is 5.18. The van der Waals surface area contributed by atoms with Crippen LogP contribution in [0.5, 0.6) is 0 Å². The van der Waals surface area contributed by atoms with Gasteiger partial charge in [0.25, 0.3) is 5.91 Å². The number of esters is 1. The van der Waals surface area contributed by atoms with Crippen LogP contribution >= 0.6 is 0 Å². The SMILES string of the molecule is CC(C)CCCC(C)NC(=O)COC(=O)c1ccccc1N1CCCC1=O. The van der Waals surface area contributed by atoms with Crippen LogP contribution in [-0.2, 0) is 14.3 Å². The van der Waals surface area contributed by atoms with Gasteiger partial charge in [-0.1, -0.05) is 38.8 Å². The van der Waals surface area contributed by atoms with Gasteiger partial charge in [0.15, 0.2) is 6.61 Å². The molecule has 1 aromatic carbocycles. The minimum atomic E-state index is -0.590. The van der Waals surface area contributed by atoms with E-state index in [4.69, 9.17) is 4.74 Å². The van der Waals surface area contributed by atoms with E-state index in [1.54, 1.807) is 29.2 Å². The number of nitrogens with one attached hydrogen (secondary N) is 1. The molecule has 1 unspecified atom stereocenters. The van der Waals surface area contributed by atoms with Gasteiger partial charge in [0.1, 0.15) is 0 Å². The lowest BCUT2D eigenvalue weighted by atomic mass is 10.0. The quantitative estimate of drug-likeness (QED) is 0.673. The van der Waals surface area contributed by atoms with E-state index in [0.29, 0.717) is 30.1 Å². The molecule has 1 N–H and O–H groups in total. The lowest BCUT2D eigenvalue weighted by molar-refractivity contribution is -0.125. The van der Waals surface area contributed by atoms with Crippen LogP contribution in [0.25, 0.3) is 0 Å². The Morgan fingerprint density at radius 1 is 1.19 bits per heavy atom. The van der Waals surface area contributed by atoms with Crippen LogP contribution < -0.4 is 10.2 Å². The molecular formula is C21H30N2O4. The molecule has 1 aromatic rings. The van der Waals surface area contributed by atoms with Gasteiger partial charge < -0.3 is 15.0 Å². The highest BCUT2D eigenvalue weighted by Crippen LogP contribution is 2.25. The van der Waals surface area contributed by atoms with Crippen LogP contribution in [0.15, 0.2) is 24.3 Å². The summed E-state index contributed by atoms with van der Waals surface area (Å²) in [6.07, 6.45) is 4.34. The minimum absolute atomic E-state index is 0.00298. The summed E-state index contributed by atoms with van der Waals surface area (Å²) in [5.74, 6) is -0.248. The molecule has 2 rings (SSSR count). The number of benzene rings is 1. The maximum Gasteiger partial charge on any atom is 0.340 e. The summed E-state index contributed by atoms with van der Waals surface area (Å²) in [4.78, 5) is 38.0. The summed E-state index contributed by atoms with van der Waals surface area (Å²) in [6.45, 7) is 6.58. The summed E-state index contributed by atoms with van der Waals surface area (Å²) in [5, 5.41) is 2.86. The van der Waals surface area contributed by atoms with Crippen LogP contribution in [0.4, 0.5) is 5.69 Å². The zero-order valence-corrected chi connectivity index (χ0v) is 16.5. The molecule has 148 valence electrons. The highest BCUT2D eigenvalue weighted by molar-refractivity contribution is 6.03. The van der Waals surface area contributed by atoms with Gasteiger partial charge in [0.2, 0.25) is 5.91 Å². The van der Waals surface area contributed by atoms with E-state index in [1.807, 2.05) is 6.92 Å². The molecule has 6 nitrogen and oxygen atoms in total. The van der Waals surface area contributed by atoms with Crippen molar-refractivity contribution in [3.8, 4) is 0 Å². The summed E-state index contributed by atoms with van der Waals surface area (Å²) in [6, 6.07) is 6.90. The van der Waals surface area contributed by atoms with Gasteiger partial charge in [-0.25, -0.2) is 4.79 Å². The van der Waals surface area contributed by atoms with Crippen molar-refractivity contribution in [2.75, 3.05) is 18.1 Å². The number of anilines is 1. The molecular weight excluding hydrogens is 344 g/mol. The van der Waals surface area contributed by atoms with E-state index in [1.165, 1.54) is 0 Å².